The molecule has 28 heavy (non-hydrogen) atoms. The second-order valence-electron chi connectivity index (χ2n) is 8.86. The normalized spacial score (nSPS) is 11.7. The van der Waals surface area contributed by atoms with Crippen LogP contribution in [0.25, 0.3) is 0 Å². The molecule has 0 fully saturated rings. The van der Waals surface area contributed by atoms with Gasteiger partial charge in [-0.1, -0.05) is 91.8 Å². The van der Waals surface area contributed by atoms with Crippen molar-refractivity contribution in [1.82, 2.24) is 0 Å². The summed E-state index contributed by atoms with van der Waals surface area (Å²) in [5, 5.41) is 0.407. The summed E-state index contributed by atoms with van der Waals surface area (Å²) < 4.78 is 0. The highest BCUT2D eigenvalue weighted by Gasteiger charge is 2.27. The summed E-state index contributed by atoms with van der Waals surface area (Å²) in [6.07, 6.45) is 0. The summed E-state index contributed by atoms with van der Waals surface area (Å²) in [7, 11) is 0. The number of para-hydroxylation sites is 2. The molecule has 0 atom stereocenters. The number of nitrogens with two attached hydrogens (primary N) is 1. The largest absolute Gasteiger partial charge is 0.376 e. The molecule has 0 heterocycles. The number of thiocarbonyl (C=S) groups is 1. The van der Waals surface area contributed by atoms with E-state index in [-0.39, 0.29) is 0 Å². The summed E-state index contributed by atoms with van der Waals surface area (Å²) in [5.74, 6) is 1.50. The molecule has 0 aliphatic rings. The Labute approximate surface area is 177 Å². The summed E-state index contributed by atoms with van der Waals surface area (Å²) in [6, 6.07) is 13.2. The van der Waals surface area contributed by atoms with Crippen LogP contribution in [0, 0.1) is 0 Å². The number of rotatable bonds is 6. The van der Waals surface area contributed by atoms with Crippen LogP contribution >= 0.6 is 12.2 Å². The Bertz CT molecular complexity index is 718. The van der Waals surface area contributed by atoms with Gasteiger partial charge in [-0.15, -0.1) is 0 Å². The van der Waals surface area contributed by atoms with Crippen molar-refractivity contribution in [2.24, 2.45) is 5.73 Å². The minimum atomic E-state index is 0.374. The summed E-state index contributed by atoms with van der Waals surface area (Å²) in [5.41, 5.74) is 13.9. The van der Waals surface area contributed by atoms with Crippen LogP contribution in [-0.4, -0.2) is 5.11 Å². The van der Waals surface area contributed by atoms with Crippen molar-refractivity contribution in [3.05, 3.63) is 58.7 Å². The van der Waals surface area contributed by atoms with Crippen molar-refractivity contribution in [3.8, 4) is 0 Å². The van der Waals surface area contributed by atoms with Crippen molar-refractivity contribution in [2.75, 3.05) is 4.90 Å². The minimum Gasteiger partial charge on any atom is -0.376 e. The fraction of sp³-hybridized carbons (Fsp3) is 0.480. The van der Waals surface area contributed by atoms with E-state index in [1.165, 1.54) is 22.3 Å². The zero-order valence-corrected chi connectivity index (χ0v) is 19.5. The standard InChI is InChI=1S/C25H36N2S/c1-15(2)19-11-9-12-20(16(3)4)23(19)27(25(26)28)24-21(17(5)6)13-10-14-22(24)18(7)8/h9-18H,1-8H3,(H2,26,28). The third kappa shape index (κ3) is 4.41. The maximum atomic E-state index is 6.43. The second kappa shape index (κ2) is 9.09. The monoisotopic (exact) mass is 396 g/mol. The molecule has 3 heteroatoms. The third-order valence-electron chi connectivity index (χ3n) is 5.35. The van der Waals surface area contributed by atoms with Crippen LogP contribution in [0.4, 0.5) is 11.4 Å². The SMILES string of the molecule is CC(C)c1cccc(C(C)C)c1N(C(N)=S)c1c(C(C)C)cccc1C(C)C. The first-order valence-corrected chi connectivity index (χ1v) is 10.8. The molecule has 0 aliphatic heterocycles. The van der Waals surface area contributed by atoms with Gasteiger partial charge in [0, 0.05) is 0 Å². The molecule has 0 bridgehead atoms. The van der Waals surface area contributed by atoms with Crippen LogP contribution in [0.15, 0.2) is 36.4 Å². The number of hydrogen-bond acceptors (Lipinski definition) is 1. The molecule has 0 saturated carbocycles. The molecule has 2 nitrogen and oxygen atoms in total. The third-order valence-corrected chi connectivity index (χ3v) is 5.54. The van der Waals surface area contributed by atoms with Gasteiger partial charge in [0.1, 0.15) is 0 Å². The average Bonchev–Trinajstić information content (AvgIpc) is 2.61. The molecule has 0 amide bonds. The highest BCUT2D eigenvalue weighted by Crippen LogP contribution is 2.44. The summed E-state index contributed by atoms with van der Waals surface area (Å²) >= 11 is 5.67. The van der Waals surface area contributed by atoms with Crippen molar-refractivity contribution in [2.45, 2.75) is 79.1 Å². The Morgan fingerprint density at radius 3 is 1.07 bits per heavy atom. The van der Waals surface area contributed by atoms with E-state index in [1.54, 1.807) is 0 Å². The van der Waals surface area contributed by atoms with Crippen LogP contribution < -0.4 is 10.6 Å². The Balaban J connectivity index is 2.96. The number of nitrogens with zero attached hydrogens (tertiary/aromatic N) is 1. The highest BCUT2D eigenvalue weighted by molar-refractivity contribution is 7.80. The molecule has 0 unspecified atom stereocenters. The quantitative estimate of drug-likeness (QED) is 0.511. The van der Waals surface area contributed by atoms with Crippen LogP contribution in [0.3, 0.4) is 0 Å². The Morgan fingerprint density at radius 1 is 0.643 bits per heavy atom. The molecule has 2 N–H and O–H groups in total. The van der Waals surface area contributed by atoms with Gasteiger partial charge in [-0.3, -0.25) is 4.90 Å². The van der Waals surface area contributed by atoms with Crippen LogP contribution in [0.2, 0.25) is 0 Å². The lowest BCUT2D eigenvalue weighted by atomic mass is 9.88. The maximum absolute atomic E-state index is 6.43. The van der Waals surface area contributed by atoms with E-state index in [2.05, 4.69) is 96.7 Å². The van der Waals surface area contributed by atoms with Crippen LogP contribution in [-0.2, 0) is 0 Å². The zero-order valence-electron chi connectivity index (χ0n) is 18.7. The Morgan fingerprint density at radius 2 is 0.893 bits per heavy atom. The Hall–Kier alpha value is -1.87. The minimum absolute atomic E-state index is 0.374. The first kappa shape index (κ1) is 22.4. The number of anilines is 2. The van der Waals surface area contributed by atoms with E-state index in [0.29, 0.717) is 28.8 Å². The molecule has 2 aromatic carbocycles. The smallest absolute Gasteiger partial charge is 0.175 e. The first-order chi connectivity index (χ1) is 13.1. The topological polar surface area (TPSA) is 29.3 Å². The second-order valence-corrected chi connectivity index (χ2v) is 9.28. The van der Waals surface area contributed by atoms with Crippen LogP contribution in [0.1, 0.15) is 101 Å². The molecule has 0 radical (unpaired) electrons. The van der Waals surface area contributed by atoms with Gasteiger partial charge in [-0.05, 0) is 58.1 Å². The first-order valence-electron chi connectivity index (χ1n) is 10.4. The number of hydrogen-bond donors (Lipinski definition) is 1. The van der Waals surface area contributed by atoms with E-state index >= 15 is 0 Å². The lowest BCUT2D eigenvalue weighted by molar-refractivity contribution is 0.817. The van der Waals surface area contributed by atoms with Gasteiger partial charge in [0.2, 0.25) is 0 Å². The number of benzene rings is 2. The average molecular weight is 397 g/mol. The van der Waals surface area contributed by atoms with E-state index in [1.807, 2.05) is 0 Å². The van der Waals surface area contributed by atoms with Crippen molar-refractivity contribution in [1.29, 1.82) is 0 Å². The summed E-state index contributed by atoms with van der Waals surface area (Å²) in [4.78, 5) is 2.16. The van der Waals surface area contributed by atoms with E-state index in [4.69, 9.17) is 18.0 Å². The molecule has 0 aliphatic carbocycles. The van der Waals surface area contributed by atoms with Crippen molar-refractivity contribution >= 4 is 28.7 Å². The molecule has 2 aromatic rings. The van der Waals surface area contributed by atoms with Gasteiger partial charge in [-0.25, -0.2) is 0 Å². The fourth-order valence-electron chi connectivity index (χ4n) is 3.87. The predicted octanol–water partition coefficient (Wildman–Crippen LogP) is 7.56. The molecular formula is C25H36N2S. The van der Waals surface area contributed by atoms with Gasteiger partial charge in [0.25, 0.3) is 0 Å². The lowest BCUT2D eigenvalue weighted by Crippen LogP contribution is -2.34. The van der Waals surface area contributed by atoms with Crippen molar-refractivity contribution in [3.63, 3.8) is 0 Å². The predicted molar refractivity (Wildman–Crippen MR) is 128 cm³/mol. The van der Waals surface area contributed by atoms with Gasteiger partial charge >= 0.3 is 0 Å². The molecule has 0 saturated heterocycles. The molecule has 152 valence electrons. The maximum Gasteiger partial charge on any atom is 0.175 e. The molecule has 0 aromatic heterocycles. The van der Waals surface area contributed by atoms with Crippen molar-refractivity contribution < 1.29 is 0 Å². The molecule has 2 rings (SSSR count). The lowest BCUT2D eigenvalue weighted by Gasteiger charge is -2.34. The van der Waals surface area contributed by atoms with Gasteiger partial charge in [-0.2, -0.15) is 0 Å². The highest BCUT2D eigenvalue weighted by atomic mass is 32.1. The van der Waals surface area contributed by atoms with E-state index in [0.717, 1.165) is 11.4 Å². The van der Waals surface area contributed by atoms with Gasteiger partial charge in [0.05, 0.1) is 11.4 Å². The summed E-state index contributed by atoms with van der Waals surface area (Å²) in [6.45, 7) is 17.9. The van der Waals surface area contributed by atoms with Crippen LogP contribution in [0.5, 0.6) is 0 Å². The van der Waals surface area contributed by atoms with E-state index in [9.17, 15) is 0 Å². The zero-order chi connectivity index (χ0) is 21.2. The Kier molecular flexibility index (Phi) is 7.28. The fourth-order valence-corrected chi connectivity index (χ4v) is 4.05. The van der Waals surface area contributed by atoms with E-state index < -0.39 is 0 Å². The molecular weight excluding hydrogens is 360 g/mol. The van der Waals surface area contributed by atoms with Gasteiger partial charge in [0.15, 0.2) is 5.11 Å². The molecule has 0 spiro atoms. The van der Waals surface area contributed by atoms with Gasteiger partial charge < -0.3 is 5.73 Å².